The van der Waals surface area contributed by atoms with Gasteiger partial charge in [-0.3, -0.25) is 14.4 Å². The second kappa shape index (κ2) is 15.0. The Labute approximate surface area is 262 Å². The summed E-state index contributed by atoms with van der Waals surface area (Å²) in [4.78, 5) is 39.8. The van der Waals surface area contributed by atoms with Crippen LogP contribution in [0.5, 0.6) is 0 Å². The van der Waals surface area contributed by atoms with Crippen molar-refractivity contribution in [1.82, 2.24) is 20.3 Å². The SMILES string of the molecule is CC(C)NC(CCCCn1nnc2c1-c1ccccc1N(C(=O)CCCCC(=O)C(C)C)Cc1ccccc1-2)C(=O)I. The molecule has 1 N–H and O–H groups in total. The molecular weight excluding hydrogens is 641 g/mol. The molecule has 4 rings (SSSR count). The van der Waals surface area contributed by atoms with Crippen molar-refractivity contribution < 1.29 is 14.4 Å². The van der Waals surface area contributed by atoms with E-state index in [0.29, 0.717) is 38.8 Å². The average Bonchev–Trinajstić information content (AvgIpc) is 3.37. The molecule has 1 unspecified atom stereocenters. The first-order chi connectivity index (χ1) is 20.2. The summed E-state index contributed by atoms with van der Waals surface area (Å²) in [5, 5.41) is 12.6. The minimum absolute atomic E-state index is 0.0259. The summed E-state index contributed by atoms with van der Waals surface area (Å²) in [6.45, 7) is 9.04. The van der Waals surface area contributed by atoms with Gasteiger partial charge in [0.15, 0.2) is 0 Å². The van der Waals surface area contributed by atoms with Crippen LogP contribution in [0.4, 0.5) is 5.69 Å². The quantitative estimate of drug-likeness (QED) is 0.115. The molecule has 3 aromatic rings. The summed E-state index contributed by atoms with van der Waals surface area (Å²) in [6, 6.07) is 16.2. The van der Waals surface area contributed by atoms with Crippen LogP contribution in [0, 0.1) is 5.92 Å². The Morgan fingerprint density at radius 2 is 1.60 bits per heavy atom. The van der Waals surface area contributed by atoms with Gasteiger partial charge in [-0.05, 0) is 43.7 Å². The number of aryl methyl sites for hydroxylation is 1. The molecule has 0 aliphatic carbocycles. The van der Waals surface area contributed by atoms with E-state index in [0.717, 1.165) is 53.0 Å². The van der Waals surface area contributed by atoms with Crippen molar-refractivity contribution in [2.24, 2.45) is 5.92 Å². The number of halogens is 1. The molecule has 2 heterocycles. The number of para-hydroxylation sites is 1. The fourth-order valence-corrected chi connectivity index (χ4v) is 5.96. The lowest BCUT2D eigenvalue weighted by atomic mass is 9.95. The number of nitrogens with zero attached hydrogens (tertiary/aromatic N) is 4. The zero-order valence-corrected chi connectivity index (χ0v) is 27.3. The third kappa shape index (κ3) is 7.92. The van der Waals surface area contributed by atoms with Crippen LogP contribution >= 0.6 is 22.6 Å². The third-order valence-electron chi connectivity index (χ3n) is 7.72. The highest BCUT2D eigenvalue weighted by atomic mass is 127. The van der Waals surface area contributed by atoms with Crippen molar-refractivity contribution in [2.75, 3.05) is 4.90 Å². The number of carbonyl (C=O) groups is 3. The standard InChI is InChI=1S/C33H42IN5O3/c1-22(2)29(40)18-9-10-19-30(41)38-21-24-13-5-6-14-25(24)31-32(26-15-7-8-17-28(26)38)39(37-36-31)20-12-11-16-27(33(34)42)35-23(3)4/h5-8,13-15,17,22-23,27,35H,9-12,16,18-21H2,1-4H3. The second-order valence-corrected chi connectivity index (χ2v) is 12.7. The number of hydrogen-bond acceptors (Lipinski definition) is 6. The normalized spacial score (nSPS) is 13.3. The number of aromatic nitrogens is 3. The predicted octanol–water partition coefficient (Wildman–Crippen LogP) is 6.74. The largest absolute Gasteiger partial charge is 0.307 e. The van der Waals surface area contributed by atoms with Gasteiger partial charge in [-0.1, -0.05) is 75.4 Å². The molecule has 1 amide bonds. The maximum absolute atomic E-state index is 13.7. The number of rotatable bonds is 14. The lowest BCUT2D eigenvalue weighted by molar-refractivity contribution is -0.122. The van der Waals surface area contributed by atoms with Gasteiger partial charge in [0.05, 0.1) is 24.0 Å². The lowest BCUT2D eigenvalue weighted by Crippen LogP contribution is -2.38. The number of Topliss-reactive ketones (excluding diaryl/α,β-unsaturated/α-hetero) is 1. The van der Waals surface area contributed by atoms with E-state index < -0.39 is 0 Å². The zero-order valence-electron chi connectivity index (χ0n) is 25.1. The number of hydrogen-bond donors (Lipinski definition) is 1. The molecule has 0 saturated heterocycles. The summed E-state index contributed by atoms with van der Waals surface area (Å²) >= 11 is 1.88. The van der Waals surface area contributed by atoms with Crippen molar-refractivity contribution in [1.29, 1.82) is 0 Å². The first-order valence-corrected chi connectivity index (χ1v) is 16.1. The van der Waals surface area contributed by atoms with Crippen molar-refractivity contribution in [2.45, 2.75) is 97.8 Å². The molecule has 224 valence electrons. The van der Waals surface area contributed by atoms with Crippen LogP contribution in [-0.2, 0) is 27.5 Å². The van der Waals surface area contributed by atoms with Gasteiger partial charge >= 0.3 is 0 Å². The van der Waals surface area contributed by atoms with Gasteiger partial charge in [0.1, 0.15) is 11.5 Å². The average molecular weight is 684 g/mol. The third-order valence-corrected chi connectivity index (χ3v) is 8.47. The molecule has 42 heavy (non-hydrogen) atoms. The summed E-state index contributed by atoms with van der Waals surface area (Å²) in [5.74, 6) is 0.316. The number of carbonyl (C=O) groups excluding carboxylic acids is 3. The fourth-order valence-electron chi connectivity index (χ4n) is 5.47. The molecule has 2 aromatic carbocycles. The van der Waals surface area contributed by atoms with Crippen LogP contribution in [0.15, 0.2) is 48.5 Å². The molecule has 1 aromatic heterocycles. The predicted molar refractivity (Wildman–Crippen MR) is 175 cm³/mol. The highest BCUT2D eigenvalue weighted by Crippen LogP contribution is 2.41. The Morgan fingerprint density at radius 3 is 2.31 bits per heavy atom. The summed E-state index contributed by atoms with van der Waals surface area (Å²) in [7, 11) is 0. The van der Waals surface area contributed by atoms with E-state index in [-0.39, 0.29) is 33.5 Å². The molecule has 0 fully saturated rings. The highest BCUT2D eigenvalue weighted by molar-refractivity contribution is 14.1. The number of nitrogens with one attached hydrogen (secondary N) is 1. The molecule has 1 atom stereocenters. The molecule has 0 spiro atoms. The molecule has 1 aliphatic heterocycles. The highest BCUT2D eigenvalue weighted by Gasteiger charge is 2.29. The van der Waals surface area contributed by atoms with Crippen molar-refractivity contribution in [3.05, 3.63) is 54.1 Å². The zero-order chi connectivity index (χ0) is 30.2. The van der Waals surface area contributed by atoms with Crippen LogP contribution < -0.4 is 10.2 Å². The molecule has 0 radical (unpaired) electrons. The van der Waals surface area contributed by atoms with Crippen LogP contribution in [0.1, 0.15) is 78.2 Å². The van der Waals surface area contributed by atoms with Crippen molar-refractivity contribution in [3.8, 4) is 22.5 Å². The number of benzene rings is 2. The topological polar surface area (TPSA) is 97.2 Å². The minimum Gasteiger partial charge on any atom is -0.307 e. The number of anilines is 1. The summed E-state index contributed by atoms with van der Waals surface area (Å²) in [6.07, 6.45) is 4.77. The molecule has 1 aliphatic rings. The molecule has 9 heteroatoms. The van der Waals surface area contributed by atoms with Gasteiger partial charge in [0.25, 0.3) is 0 Å². The Kier molecular flexibility index (Phi) is 11.4. The molecule has 0 bridgehead atoms. The van der Waals surface area contributed by atoms with Crippen LogP contribution in [0.25, 0.3) is 22.5 Å². The van der Waals surface area contributed by atoms with E-state index in [1.165, 1.54) is 0 Å². The summed E-state index contributed by atoms with van der Waals surface area (Å²) < 4.78 is 2.08. The fraction of sp³-hybridized carbons (Fsp3) is 0.485. The van der Waals surface area contributed by atoms with E-state index in [9.17, 15) is 14.4 Å². The van der Waals surface area contributed by atoms with Crippen molar-refractivity contribution in [3.63, 3.8) is 0 Å². The number of fused-ring (bicyclic) bond motifs is 5. The van der Waals surface area contributed by atoms with E-state index in [4.69, 9.17) is 0 Å². The second-order valence-electron chi connectivity index (χ2n) is 11.7. The first-order valence-electron chi connectivity index (χ1n) is 15.1. The Morgan fingerprint density at radius 1 is 0.905 bits per heavy atom. The number of ketones is 1. The number of amides is 1. The van der Waals surface area contributed by atoms with Gasteiger partial charge in [0, 0.05) is 65.1 Å². The van der Waals surface area contributed by atoms with E-state index in [1.807, 2.05) is 82.4 Å². The maximum Gasteiger partial charge on any atom is 0.227 e. The first kappa shape index (κ1) is 32.0. The van der Waals surface area contributed by atoms with E-state index >= 15 is 0 Å². The van der Waals surface area contributed by atoms with Gasteiger partial charge < -0.3 is 10.2 Å². The smallest absolute Gasteiger partial charge is 0.227 e. The van der Waals surface area contributed by atoms with Crippen LogP contribution in [0.2, 0.25) is 0 Å². The van der Waals surface area contributed by atoms with Crippen LogP contribution in [0.3, 0.4) is 0 Å². The monoisotopic (exact) mass is 683 g/mol. The minimum atomic E-state index is -0.155. The Hall–Kier alpha value is -2.92. The van der Waals surface area contributed by atoms with Gasteiger partial charge in [-0.2, -0.15) is 0 Å². The van der Waals surface area contributed by atoms with E-state index in [1.54, 1.807) is 0 Å². The maximum atomic E-state index is 13.7. The van der Waals surface area contributed by atoms with E-state index in [2.05, 4.69) is 41.6 Å². The van der Waals surface area contributed by atoms with Gasteiger partial charge in [-0.25, -0.2) is 4.68 Å². The van der Waals surface area contributed by atoms with Crippen molar-refractivity contribution >= 4 is 43.8 Å². The molecule has 0 saturated carbocycles. The van der Waals surface area contributed by atoms with Gasteiger partial charge in [0.2, 0.25) is 9.70 Å². The molecule has 8 nitrogen and oxygen atoms in total. The molecular formula is C33H42IN5O3. The summed E-state index contributed by atoms with van der Waals surface area (Å²) in [5.41, 5.74) is 5.49. The Bertz CT molecular complexity index is 1400. The lowest BCUT2D eigenvalue weighted by Gasteiger charge is -2.29. The van der Waals surface area contributed by atoms with Crippen LogP contribution in [-0.4, -0.2) is 42.6 Å². The number of unbranched alkanes of at least 4 members (excludes halogenated alkanes) is 2. The van der Waals surface area contributed by atoms with Gasteiger partial charge in [-0.15, -0.1) is 5.10 Å². The Balaban J connectivity index is 1.59.